The Morgan fingerprint density at radius 3 is 2.17 bits per heavy atom. The van der Waals surface area contributed by atoms with Crippen molar-refractivity contribution in [3.63, 3.8) is 0 Å². The van der Waals surface area contributed by atoms with E-state index in [1.54, 1.807) is 4.90 Å². The average Bonchev–Trinajstić information content (AvgIpc) is 2.43. The van der Waals surface area contributed by atoms with E-state index < -0.39 is 17.6 Å². The molecule has 1 fully saturated rings. The van der Waals surface area contributed by atoms with Gasteiger partial charge >= 0.3 is 6.09 Å². The smallest absolute Gasteiger partial charge is 0.410 e. The molecule has 0 unspecified atom stereocenters. The molecule has 1 atom stereocenters. The number of ether oxygens (including phenoxy) is 1. The zero-order valence-corrected chi connectivity index (χ0v) is 15.4. The fourth-order valence-electron chi connectivity index (χ4n) is 2.71. The number of rotatable bonds is 5. The molecule has 1 rings (SSSR count). The van der Waals surface area contributed by atoms with Crippen LogP contribution in [0.5, 0.6) is 0 Å². The minimum absolute atomic E-state index is 0.0412. The molecule has 0 saturated carbocycles. The summed E-state index contributed by atoms with van der Waals surface area (Å²) < 4.78 is 5.36. The number of amides is 3. The average molecular weight is 341 g/mol. The van der Waals surface area contributed by atoms with E-state index in [1.165, 1.54) is 0 Å². The molecule has 0 aromatic carbocycles. The van der Waals surface area contributed by atoms with Crippen LogP contribution in [0.1, 0.15) is 53.9 Å². The molecule has 7 heteroatoms. The standard InChI is InChI=1S/C17H31N3O4/c1-11(2)14(15(18)22)19-13(21)10-12-6-8-20(9-7-12)16(23)24-17(3,4)5/h11-12,14H,6-10H2,1-5H3,(H2,18,22)(H,19,21)/t14-/m1/s1. The number of nitrogens with one attached hydrogen (secondary N) is 1. The zero-order valence-electron chi connectivity index (χ0n) is 15.4. The number of primary amides is 1. The van der Waals surface area contributed by atoms with Crippen LogP contribution in [-0.2, 0) is 14.3 Å². The van der Waals surface area contributed by atoms with Crippen molar-refractivity contribution < 1.29 is 19.1 Å². The summed E-state index contributed by atoms with van der Waals surface area (Å²) in [7, 11) is 0. The summed E-state index contributed by atoms with van der Waals surface area (Å²) in [6.07, 6.45) is 1.53. The molecule has 138 valence electrons. The van der Waals surface area contributed by atoms with Crippen LogP contribution in [0, 0.1) is 11.8 Å². The predicted molar refractivity (Wildman–Crippen MR) is 91.1 cm³/mol. The van der Waals surface area contributed by atoms with Crippen LogP contribution in [0.4, 0.5) is 4.79 Å². The largest absolute Gasteiger partial charge is 0.444 e. The fraction of sp³-hybridized carbons (Fsp3) is 0.824. The van der Waals surface area contributed by atoms with E-state index in [-0.39, 0.29) is 23.8 Å². The van der Waals surface area contributed by atoms with E-state index in [1.807, 2.05) is 34.6 Å². The summed E-state index contributed by atoms with van der Waals surface area (Å²) in [6.45, 7) is 10.4. The van der Waals surface area contributed by atoms with Crippen molar-refractivity contribution in [2.75, 3.05) is 13.1 Å². The Labute approximate surface area is 144 Å². The third-order valence-corrected chi connectivity index (χ3v) is 4.03. The van der Waals surface area contributed by atoms with Crippen LogP contribution in [0.2, 0.25) is 0 Å². The minimum atomic E-state index is -0.639. The normalized spacial score (nSPS) is 17.5. The number of nitrogens with two attached hydrogens (primary N) is 1. The second-order valence-corrected chi connectivity index (χ2v) is 7.81. The third-order valence-electron chi connectivity index (χ3n) is 4.03. The van der Waals surface area contributed by atoms with Gasteiger partial charge < -0.3 is 20.7 Å². The second-order valence-electron chi connectivity index (χ2n) is 7.81. The SMILES string of the molecule is CC(C)[C@@H](NC(=O)CC1CCN(C(=O)OC(C)(C)C)CC1)C(N)=O. The van der Waals surface area contributed by atoms with Gasteiger partial charge in [-0.3, -0.25) is 9.59 Å². The van der Waals surface area contributed by atoms with Gasteiger partial charge in [0, 0.05) is 19.5 Å². The van der Waals surface area contributed by atoms with Crippen molar-refractivity contribution in [1.29, 1.82) is 0 Å². The van der Waals surface area contributed by atoms with E-state index in [0.29, 0.717) is 19.5 Å². The molecule has 0 aliphatic carbocycles. The van der Waals surface area contributed by atoms with Gasteiger partial charge in [-0.05, 0) is 45.4 Å². The Morgan fingerprint density at radius 2 is 1.75 bits per heavy atom. The first-order valence-corrected chi connectivity index (χ1v) is 8.56. The number of carbonyl (C=O) groups is 3. The summed E-state index contributed by atoms with van der Waals surface area (Å²) in [5.74, 6) is -0.522. The minimum Gasteiger partial charge on any atom is -0.444 e. The molecule has 1 saturated heterocycles. The van der Waals surface area contributed by atoms with Crippen LogP contribution in [0.15, 0.2) is 0 Å². The van der Waals surface area contributed by atoms with Crippen molar-refractivity contribution in [1.82, 2.24) is 10.2 Å². The number of carbonyl (C=O) groups excluding carboxylic acids is 3. The Balaban J connectivity index is 2.42. The van der Waals surface area contributed by atoms with E-state index in [0.717, 1.165) is 12.8 Å². The number of hydrogen-bond acceptors (Lipinski definition) is 4. The summed E-state index contributed by atoms with van der Waals surface area (Å²) in [5, 5.41) is 2.71. The van der Waals surface area contributed by atoms with Crippen LogP contribution in [-0.4, -0.2) is 47.5 Å². The van der Waals surface area contributed by atoms with Gasteiger partial charge in [-0.25, -0.2) is 4.79 Å². The highest BCUT2D eigenvalue weighted by Crippen LogP contribution is 2.22. The third kappa shape index (κ3) is 6.76. The van der Waals surface area contributed by atoms with Gasteiger partial charge in [-0.2, -0.15) is 0 Å². The first kappa shape index (κ1) is 20.3. The summed E-state index contributed by atoms with van der Waals surface area (Å²) in [5.41, 5.74) is 4.80. The molecular weight excluding hydrogens is 310 g/mol. The molecule has 0 aromatic rings. The Morgan fingerprint density at radius 1 is 1.21 bits per heavy atom. The van der Waals surface area contributed by atoms with E-state index in [9.17, 15) is 14.4 Å². The van der Waals surface area contributed by atoms with Gasteiger partial charge in [0.2, 0.25) is 11.8 Å². The number of nitrogens with zero attached hydrogens (tertiary/aromatic N) is 1. The number of hydrogen-bond donors (Lipinski definition) is 2. The molecule has 0 radical (unpaired) electrons. The van der Waals surface area contributed by atoms with E-state index in [4.69, 9.17) is 10.5 Å². The fourth-order valence-corrected chi connectivity index (χ4v) is 2.71. The zero-order chi connectivity index (χ0) is 18.5. The molecule has 3 N–H and O–H groups in total. The van der Waals surface area contributed by atoms with Gasteiger partial charge in [-0.1, -0.05) is 13.8 Å². The molecule has 1 heterocycles. The lowest BCUT2D eigenvalue weighted by Gasteiger charge is -2.33. The first-order chi connectivity index (χ1) is 11.0. The lowest BCUT2D eigenvalue weighted by Crippen LogP contribution is -2.48. The maximum absolute atomic E-state index is 12.1. The van der Waals surface area contributed by atoms with Gasteiger partial charge in [0.15, 0.2) is 0 Å². The topological polar surface area (TPSA) is 102 Å². The van der Waals surface area contributed by atoms with E-state index in [2.05, 4.69) is 5.32 Å². The highest BCUT2D eigenvalue weighted by Gasteiger charge is 2.29. The van der Waals surface area contributed by atoms with Crippen molar-refractivity contribution in [2.45, 2.75) is 65.5 Å². The molecule has 7 nitrogen and oxygen atoms in total. The summed E-state index contributed by atoms with van der Waals surface area (Å²) in [6, 6.07) is -0.639. The van der Waals surface area contributed by atoms with Crippen LogP contribution in [0.25, 0.3) is 0 Å². The van der Waals surface area contributed by atoms with Crippen LogP contribution in [0.3, 0.4) is 0 Å². The van der Waals surface area contributed by atoms with Gasteiger partial charge in [0.25, 0.3) is 0 Å². The summed E-state index contributed by atoms with van der Waals surface area (Å²) >= 11 is 0. The van der Waals surface area contributed by atoms with Crippen LogP contribution >= 0.6 is 0 Å². The Hall–Kier alpha value is -1.79. The maximum atomic E-state index is 12.1. The molecular formula is C17H31N3O4. The quantitative estimate of drug-likeness (QED) is 0.794. The lowest BCUT2D eigenvalue weighted by molar-refractivity contribution is -0.129. The number of likely N-dealkylation sites (tertiary alicyclic amines) is 1. The first-order valence-electron chi connectivity index (χ1n) is 8.56. The predicted octanol–water partition coefficient (Wildman–Crippen LogP) is 1.65. The molecule has 0 bridgehead atoms. The van der Waals surface area contributed by atoms with Crippen molar-refractivity contribution in [3.8, 4) is 0 Å². The number of piperidine rings is 1. The highest BCUT2D eigenvalue weighted by atomic mass is 16.6. The van der Waals surface area contributed by atoms with Gasteiger partial charge in [0.1, 0.15) is 11.6 Å². The van der Waals surface area contributed by atoms with Crippen molar-refractivity contribution in [2.24, 2.45) is 17.6 Å². The Kier molecular flexibility index (Phi) is 7.05. The van der Waals surface area contributed by atoms with Gasteiger partial charge in [-0.15, -0.1) is 0 Å². The van der Waals surface area contributed by atoms with Crippen molar-refractivity contribution in [3.05, 3.63) is 0 Å². The lowest BCUT2D eigenvalue weighted by atomic mass is 9.93. The maximum Gasteiger partial charge on any atom is 0.410 e. The van der Waals surface area contributed by atoms with E-state index >= 15 is 0 Å². The Bertz CT molecular complexity index is 463. The highest BCUT2D eigenvalue weighted by molar-refractivity contribution is 5.86. The van der Waals surface area contributed by atoms with Crippen molar-refractivity contribution >= 4 is 17.9 Å². The van der Waals surface area contributed by atoms with Crippen LogP contribution < -0.4 is 11.1 Å². The summed E-state index contributed by atoms with van der Waals surface area (Å²) in [4.78, 5) is 37.2. The monoisotopic (exact) mass is 341 g/mol. The molecule has 1 aliphatic rings. The van der Waals surface area contributed by atoms with Gasteiger partial charge in [0.05, 0.1) is 0 Å². The molecule has 24 heavy (non-hydrogen) atoms. The molecule has 1 aliphatic heterocycles. The second kappa shape index (κ2) is 8.35. The molecule has 0 spiro atoms. The molecule has 0 aromatic heterocycles. The molecule has 3 amide bonds.